The maximum absolute atomic E-state index is 12.0. The highest BCUT2D eigenvalue weighted by molar-refractivity contribution is 6.00. The van der Waals surface area contributed by atoms with Crippen molar-refractivity contribution in [3.8, 4) is 0 Å². The third-order valence-corrected chi connectivity index (χ3v) is 3.48. The fourth-order valence-electron chi connectivity index (χ4n) is 2.14. The van der Waals surface area contributed by atoms with Gasteiger partial charge < -0.3 is 0 Å². The van der Waals surface area contributed by atoms with Crippen LogP contribution in [0.4, 0.5) is 0 Å². The Morgan fingerprint density at radius 3 is 2.47 bits per heavy atom. The van der Waals surface area contributed by atoms with E-state index in [0.29, 0.717) is 12.5 Å². The SMILES string of the molecule is CC1NCC(=O)N(Cc2ccc(C(C)C)cc2)C1=O. The number of piperazine rings is 1. The van der Waals surface area contributed by atoms with Gasteiger partial charge in [-0.15, -0.1) is 0 Å². The van der Waals surface area contributed by atoms with Crippen LogP contribution in [-0.4, -0.2) is 29.3 Å². The highest BCUT2D eigenvalue weighted by Gasteiger charge is 2.30. The van der Waals surface area contributed by atoms with E-state index in [1.165, 1.54) is 10.5 Å². The van der Waals surface area contributed by atoms with Crippen molar-refractivity contribution < 1.29 is 9.59 Å². The average Bonchev–Trinajstić information content (AvgIpc) is 2.40. The van der Waals surface area contributed by atoms with E-state index in [9.17, 15) is 9.59 Å². The molecule has 1 unspecified atom stereocenters. The molecule has 0 aliphatic carbocycles. The molecule has 1 aromatic rings. The molecule has 4 heteroatoms. The summed E-state index contributed by atoms with van der Waals surface area (Å²) in [6, 6.07) is 7.81. The molecule has 1 aliphatic heterocycles. The molecule has 1 fully saturated rings. The van der Waals surface area contributed by atoms with Crippen molar-refractivity contribution in [3.63, 3.8) is 0 Å². The number of hydrogen-bond acceptors (Lipinski definition) is 3. The van der Waals surface area contributed by atoms with Crippen LogP contribution < -0.4 is 5.32 Å². The Morgan fingerprint density at radius 2 is 1.89 bits per heavy atom. The second-order valence-corrected chi connectivity index (χ2v) is 5.32. The van der Waals surface area contributed by atoms with E-state index in [4.69, 9.17) is 0 Å². The minimum absolute atomic E-state index is 0.149. The van der Waals surface area contributed by atoms with Crippen LogP contribution >= 0.6 is 0 Å². The van der Waals surface area contributed by atoms with Crippen LogP contribution in [0.3, 0.4) is 0 Å². The molecule has 1 heterocycles. The van der Waals surface area contributed by atoms with E-state index < -0.39 is 0 Å². The summed E-state index contributed by atoms with van der Waals surface area (Å²) in [6.45, 7) is 6.66. The highest BCUT2D eigenvalue weighted by Crippen LogP contribution is 2.16. The Morgan fingerprint density at radius 1 is 1.26 bits per heavy atom. The van der Waals surface area contributed by atoms with Crippen LogP contribution in [0.1, 0.15) is 37.8 Å². The summed E-state index contributed by atoms with van der Waals surface area (Å²) in [5, 5.41) is 2.88. The number of benzene rings is 1. The van der Waals surface area contributed by atoms with Gasteiger partial charge in [-0.3, -0.25) is 19.8 Å². The standard InChI is InChI=1S/C15H20N2O2/c1-10(2)13-6-4-12(5-7-13)9-17-14(18)8-16-11(3)15(17)19/h4-7,10-11,16H,8-9H2,1-3H3. The van der Waals surface area contributed by atoms with Crippen LogP contribution in [0.2, 0.25) is 0 Å². The van der Waals surface area contributed by atoms with Gasteiger partial charge in [0.15, 0.2) is 0 Å². The Balaban J connectivity index is 2.11. The minimum atomic E-state index is -0.285. The van der Waals surface area contributed by atoms with E-state index in [2.05, 4.69) is 31.3 Å². The van der Waals surface area contributed by atoms with Gasteiger partial charge >= 0.3 is 0 Å². The van der Waals surface area contributed by atoms with Gasteiger partial charge in [0.25, 0.3) is 0 Å². The summed E-state index contributed by atoms with van der Waals surface area (Å²) < 4.78 is 0. The Labute approximate surface area is 113 Å². The molecule has 1 saturated heterocycles. The summed E-state index contributed by atoms with van der Waals surface area (Å²) >= 11 is 0. The van der Waals surface area contributed by atoms with E-state index in [1.807, 2.05) is 12.1 Å². The molecule has 1 aliphatic rings. The molecule has 4 nitrogen and oxygen atoms in total. The Hall–Kier alpha value is -1.68. The minimum Gasteiger partial charge on any atom is -0.298 e. The summed E-state index contributed by atoms with van der Waals surface area (Å²) in [5.74, 6) is 0.178. The first kappa shape index (κ1) is 13.7. The number of hydrogen-bond donors (Lipinski definition) is 1. The van der Waals surface area contributed by atoms with Crippen molar-refractivity contribution in [2.75, 3.05) is 6.54 Å². The van der Waals surface area contributed by atoms with Gasteiger partial charge in [0.1, 0.15) is 0 Å². The molecule has 102 valence electrons. The Bertz CT molecular complexity index is 479. The van der Waals surface area contributed by atoms with Gasteiger partial charge in [-0.1, -0.05) is 38.1 Å². The van der Waals surface area contributed by atoms with Crippen LogP contribution in [0.25, 0.3) is 0 Å². The summed E-state index contributed by atoms with van der Waals surface area (Å²) in [5.41, 5.74) is 2.25. The second-order valence-electron chi connectivity index (χ2n) is 5.32. The van der Waals surface area contributed by atoms with Crippen LogP contribution in [0.5, 0.6) is 0 Å². The summed E-state index contributed by atoms with van der Waals surface area (Å²) in [7, 11) is 0. The van der Waals surface area contributed by atoms with Gasteiger partial charge in [0.05, 0.1) is 19.1 Å². The van der Waals surface area contributed by atoms with Crippen molar-refractivity contribution in [2.24, 2.45) is 0 Å². The molecule has 0 saturated carbocycles. The molecule has 2 amide bonds. The topological polar surface area (TPSA) is 49.4 Å². The van der Waals surface area contributed by atoms with Crippen molar-refractivity contribution in [1.82, 2.24) is 10.2 Å². The number of carbonyl (C=O) groups excluding carboxylic acids is 2. The molecular formula is C15H20N2O2. The first-order valence-corrected chi connectivity index (χ1v) is 6.65. The molecule has 1 N–H and O–H groups in total. The first-order valence-electron chi connectivity index (χ1n) is 6.65. The average molecular weight is 260 g/mol. The molecule has 1 atom stereocenters. The van der Waals surface area contributed by atoms with E-state index in [1.54, 1.807) is 6.92 Å². The van der Waals surface area contributed by atoms with Gasteiger partial charge in [0.2, 0.25) is 11.8 Å². The number of nitrogens with one attached hydrogen (secondary N) is 1. The van der Waals surface area contributed by atoms with Crippen molar-refractivity contribution in [2.45, 2.75) is 39.3 Å². The Kier molecular flexibility index (Phi) is 4.00. The lowest BCUT2D eigenvalue weighted by molar-refractivity contribution is -0.149. The zero-order valence-corrected chi connectivity index (χ0v) is 11.6. The van der Waals surface area contributed by atoms with Crippen molar-refractivity contribution in [1.29, 1.82) is 0 Å². The monoisotopic (exact) mass is 260 g/mol. The maximum Gasteiger partial charge on any atom is 0.246 e. The van der Waals surface area contributed by atoms with Crippen molar-refractivity contribution in [3.05, 3.63) is 35.4 Å². The van der Waals surface area contributed by atoms with Crippen LogP contribution in [0.15, 0.2) is 24.3 Å². The summed E-state index contributed by atoms with van der Waals surface area (Å²) in [4.78, 5) is 25.1. The van der Waals surface area contributed by atoms with Gasteiger partial charge in [-0.25, -0.2) is 0 Å². The molecule has 0 radical (unpaired) electrons. The lowest BCUT2D eigenvalue weighted by Gasteiger charge is -2.29. The summed E-state index contributed by atoms with van der Waals surface area (Å²) in [6.07, 6.45) is 0. The smallest absolute Gasteiger partial charge is 0.246 e. The van der Waals surface area contributed by atoms with E-state index in [0.717, 1.165) is 5.56 Å². The third-order valence-electron chi connectivity index (χ3n) is 3.48. The number of carbonyl (C=O) groups is 2. The fraction of sp³-hybridized carbons (Fsp3) is 0.467. The number of amides is 2. The molecule has 0 bridgehead atoms. The molecule has 1 aromatic carbocycles. The van der Waals surface area contributed by atoms with E-state index >= 15 is 0 Å². The molecule has 19 heavy (non-hydrogen) atoms. The third kappa shape index (κ3) is 3.01. The van der Waals surface area contributed by atoms with E-state index in [-0.39, 0.29) is 24.4 Å². The molecular weight excluding hydrogens is 240 g/mol. The highest BCUT2D eigenvalue weighted by atomic mass is 16.2. The number of imide groups is 1. The maximum atomic E-state index is 12.0. The predicted molar refractivity (Wildman–Crippen MR) is 73.6 cm³/mol. The molecule has 2 rings (SSSR count). The largest absolute Gasteiger partial charge is 0.298 e. The molecule has 0 spiro atoms. The second kappa shape index (κ2) is 5.53. The molecule has 0 aromatic heterocycles. The van der Waals surface area contributed by atoms with Gasteiger partial charge in [0, 0.05) is 0 Å². The van der Waals surface area contributed by atoms with Gasteiger partial charge in [-0.05, 0) is 24.0 Å². The lowest BCUT2D eigenvalue weighted by atomic mass is 10.0. The number of rotatable bonds is 3. The van der Waals surface area contributed by atoms with Crippen molar-refractivity contribution >= 4 is 11.8 Å². The van der Waals surface area contributed by atoms with Gasteiger partial charge in [-0.2, -0.15) is 0 Å². The fourth-order valence-corrected chi connectivity index (χ4v) is 2.14. The zero-order chi connectivity index (χ0) is 14.0. The normalized spacial score (nSPS) is 20.2. The quantitative estimate of drug-likeness (QED) is 0.841. The zero-order valence-electron chi connectivity index (χ0n) is 11.6. The van der Waals surface area contributed by atoms with Crippen LogP contribution in [-0.2, 0) is 16.1 Å². The first-order chi connectivity index (χ1) is 8.99. The predicted octanol–water partition coefficient (Wildman–Crippen LogP) is 1.66. The van der Waals surface area contributed by atoms with Crippen LogP contribution in [0, 0.1) is 0 Å². The lowest BCUT2D eigenvalue weighted by Crippen LogP contribution is -2.56. The number of nitrogens with zero attached hydrogens (tertiary/aromatic N) is 1.